The molecule has 3 saturated carbocycles. The number of rotatable bonds is 2. The molecule has 4 rings (SSSR count). The summed E-state index contributed by atoms with van der Waals surface area (Å²) in [7, 11) is 0. The summed E-state index contributed by atoms with van der Waals surface area (Å²) in [5, 5.41) is 12.0. The Bertz CT molecular complexity index is 588. The summed E-state index contributed by atoms with van der Waals surface area (Å²) in [4.78, 5) is 12.1. The molecule has 1 aromatic carbocycles. The third kappa shape index (κ3) is 1.52. The van der Waals surface area contributed by atoms with Crippen molar-refractivity contribution in [2.45, 2.75) is 25.3 Å². The van der Waals surface area contributed by atoms with E-state index >= 15 is 0 Å². The third-order valence-corrected chi connectivity index (χ3v) is 5.33. The minimum absolute atomic E-state index is 0.0647. The molecule has 0 saturated heterocycles. The monoisotopic (exact) mass is 279 g/mol. The van der Waals surface area contributed by atoms with Crippen molar-refractivity contribution >= 4 is 5.91 Å². The largest absolute Gasteiger partial charge is 0.505 e. The van der Waals surface area contributed by atoms with Gasteiger partial charge in [0.2, 0.25) is 0 Å². The van der Waals surface area contributed by atoms with Crippen LogP contribution >= 0.6 is 0 Å². The van der Waals surface area contributed by atoms with E-state index in [4.69, 9.17) is 0 Å². The number of phenols is 1. The molecular weight excluding hydrogens is 264 g/mol. The molecule has 5 heteroatoms. The van der Waals surface area contributed by atoms with Crippen LogP contribution in [0.1, 0.15) is 29.6 Å². The maximum atomic E-state index is 13.7. The molecule has 1 aromatic rings. The Morgan fingerprint density at radius 2 is 1.85 bits per heavy atom. The Kier molecular flexibility index (Phi) is 2.38. The summed E-state index contributed by atoms with van der Waals surface area (Å²) in [5.74, 6) is -1.23. The SMILES string of the molecule is O=C(NC1[C@H]2[C@H]3CC[C@@H](C3)[C@H]12)c1c(F)ccc(O)c1F. The maximum absolute atomic E-state index is 13.7. The van der Waals surface area contributed by atoms with E-state index in [1.807, 2.05) is 0 Å². The highest BCUT2D eigenvalue weighted by Gasteiger charge is 2.65. The van der Waals surface area contributed by atoms with E-state index in [0.717, 1.165) is 12.1 Å². The molecule has 0 radical (unpaired) electrons. The minimum Gasteiger partial charge on any atom is -0.505 e. The second kappa shape index (κ2) is 3.93. The number of hydrogen-bond donors (Lipinski definition) is 2. The number of carbonyl (C=O) groups excluding carboxylic acids is 1. The number of halogens is 2. The second-order valence-corrected chi connectivity index (χ2v) is 6.24. The van der Waals surface area contributed by atoms with Crippen LogP contribution in [0.15, 0.2) is 12.1 Å². The molecule has 0 aliphatic heterocycles. The first-order chi connectivity index (χ1) is 9.58. The van der Waals surface area contributed by atoms with E-state index in [1.54, 1.807) is 0 Å². The van der Waals surface area contributed by atoms with Gasteiger partial charge in [0.05, 0.1) is 0 Å². The molecule has 1 amide bonds. The standard InChI is InChI=1S/C15H15F2NO2/c16-8-3-4-9(19)13(17)12(8)15(20)18-14-10-6-1-2-7(5-6)11(10)14/h3-4,6-7,10-11,14,19H,1-2,5H2,(H,18,20)/t6-,7-,10-,11-/m0/s1. The van der Waals surface area contributed by atoms with E-state index in [9.17, 15) is 18.7 Å². The van der Waals surface area contributed by atoms with Crippen LogP contribution in [0.2, 0.25) is 0 Å². The van der Waals surface area contributed by atoms with Crippen molar-refractivity contribution in [2.24, 2.45) is 23.7 Å². The lowest BCUT2D eigenvalue weighted by Crippen LogP contribution is -2.31. The molecule has 0 unspecified atom stereocenters. The van der Waals surface area contributed by atoms with E-state index in [0.29, 0.717) is 23.7 Å². The summed E-state index contributed by atoms with van der Waals surface area (Å²) in [6, 6.07) is 1.88. The summed E-state index contributed by atoms with van der Waals surface area (Å²) < 4.78 is 27.3. The van der Waals surface area contributed by atoms with Crippen LogP contribution in [0.4, 0.5) is 8.78 Å². The number of benzene rings is 1. The highest BCUT2D eigenvalue weighted by Crippen LogP contribution is 2.65. The smallest absolute Gasteiger partial charge is 0.257 e. The number of phenolic OH excluding ortho intramolecular Hbond substituents is 1. The van der Waals surface area contributed by atoms with Gasteiger partial charge in [0, 0.05) is 6.04 Å². The van der Waals surface area contributed by atoms with Crippen LogP contribution in [-0.2, 0) is 0 Å². The fourth-order valence-corrected chi connectivity index (χ4v) is 4.49. The van der Waals surface area contributed by atoms with Crippen molar-refractivity contribution in [2.75, 3.05) is 0 Å². The van der Waals surface area contributed by atoms with Crippen LogP contribution in [0.25, 0.3) is 0 Å². The molecular formula is C15H15F2NO2. The van der Waals surface area contributed by atoms with E-state index in [1.165, 1.54) is 19.3 Å². The van der Waals surface area contributed by atoms with E-state index in [2.05, 4.69) is 5.32 Å². The van der Waals surface area contributed by atoms with Crippen molar-refractivity contribution < 1.29 is 18.7 Å². The van der Waals surface area contributed by atoms with Gasteiger partial charge in [-0.2, -0.15) is 0 Å². The van der Waals surface area contributed by atoms with Gasteiger partial charge in [-0.05, 0) is 55.1 Å². The molecule has 4 atom stereocenters. The molecule has 0 aromatic heterocycles. The second-order valence-electron chi connectivity index (χ2n) is 6.24. The highest BCUT2D eigenvalue weighted by atomic mass is 19.1. The zero-order chi connectivity index (χ0) is 14.0. The minimum atomic E-state index is -1.18. The van der Waals surface area contributed by atoms with Gasteiger partial charge in [-0.25, -0.2) is 8.78 Å². The predicted octanol–water partition coefficient (Wildman–Crippen LogP) is 2.44. The first-order valence-corrected chi connectivity index (χ1v) is 7.05. The number of hydrogen-bond acceptors (Lipinski definition) is 2. The van der Waals surface area contributed by atoms with Crippen LogP contribution in [0.5, 0.6) is 5.75 Å². The maximum Gasteiger partial charge on any atom is 0.257 e. The zero-order valence-electron chi connectivity index (χ0n) is 10.8. The number of nitrogens with one attached hydrogen (secondary N) is 1. The zero-order valence-corrected chi connectivity index (χ0v) is 10.8. The Balaban J connectivity index is 1.54. The summed E-state index contributed by atoms with van der Waals surface area (Å²) in [6.07, 6.45) is 3.68. The van der Waals surface area contributed by atoms with Gasteiger partial charge in [0.15, 0.2) is 11.6 Å². The highest BCUT2D eigenvalue weighted by molar-refractivity contribution is 5.95. The molecule has 3 nitrogen and oxygen atoms in total. The molecule has 0 spiro atoms. The Hall–Kier alpha value is -1.65. The van der Waals surface area contributed by atoms with Gasteiger partial charge in [0.1, 0.15) is 11.4 Å². The van der Waals surface area contributed by atoms with Gasteiger partial charge in [0.25, 0.3) is 5.91 Å². The van der Waals surface area contributed by atoms with E-state index < -0.39 is 28.9 Å². The molecule has 0 heterocycles. The van der Waals surface area contributed by atoms with Crippen molar-refractivity contribution in [1.29, 1.82) is 0 Å². The number of carbonyl (C=O) groups is 1. The number of amides is 1. The van der Waals surface area contributed by atoms with Crippen molar-refractivity contribution in [3.05, 3.63) is 29.3 Å². The van der Waals surface area contributed by atoms with Crippen molar-refractivity contribution in [3.8, 4) is 5.75 Å². The summed E-state index contributed by atoms with van der Waals surface area (Å²) in [6.45, 7) is 0. The first-order valence-electron chi connectivity index (χ1n) is 7.05. The molecule has 20 heavy (non-hydrogen) atoms. The van der Waals surface area contributed by atoms with Gasteiger partial charge >= 0.3 is 0 Å². The average Bonchev–Trinajstić information content (AvgIpc) is 2.82. The third-order valence-electron chi connectivity index (χ3n) is 5.33. The fraction of sp³-hybridized carbons (Fsp3) is 0.533. The van der Waals surface area contributed by atoms with Gasteiger partial charge in [-0.15, -0.1) is 0 Å². The molecule has 3 aliphatic carbocycles. The Morgan fingerprint density at radius 3 is 2.50 bits per heavy atom. The lowest BCUT2D eigenvalue weighted by atomic mass is 10.0. The quantitative estimate of drug-likeness (QED) is 0.873. The van der Waals surface area contributed by atoms with Crippen LogP contribution < -0.4 is 5.32 Å². The van der Waals surface area contributed by atoms with Crippen LogP contribution in [0, 0.1) is 35.3 Å². The van der Waals surface area contributed by atoms with Crippen LogP contribution in [0.3, 0.4) is 0 Å². The van der Waals surface area contributed by atoms with Crippen molar-refractivity contribution in [1.82, 2.24) is 5.32 Å². The molecule has 2 N–H and O–H groups in total. The predicted molar refractivity (Wildman–Crippen MR) is 67.1 cm³/mol. The molecule has 106 valence electrons. The molecule has 2 bridgehead atoms. The first kappa shape index (κ1) is 12.1. The lowest BCUT2D eigenvalue weighted by molar-refractivity contribution is 0.0935. The summed E-state index contributed by atoms with van der Waals surface area (Å²) in [5.41, 5.74) is -0.678. The molecule has 3 fully saturated rings. The van der Waals surface area contributed by atoms with Gasteiger partial charge in [-0.3, -0.25) is 4.79 Å². The van der Waals surface area contributed by atoms with Crippen molar-refractivity contribution in [3.63, 3.8) is 0 Å². The van der Waals surface area contributed by atoms with Crippen LogP contribution in [-0.4, -0.2) is 17.1 Å². The van der Waals surface area contributed by atoms with Gasteiger partial charge in [-0.1, -0.05) is 0 Å². The van der Waals surface area contributed by atoms with E-state index in [-0.39, 0.29) is 6.04 Å². The Labute approximate surface area is 115 Å². The fourth-order valence-electron chi connectivity index (χ4n) is 4.49. The normalized spacial score (nSPS) is 36.8. The number of fused-ring (bicyclic) bond motifs is 5. The number of aromatic hydroxyl groups is 1. The molecule has 3 aliphatic rings. The van der Waals surface area contributed by atoms with Gasteiger partial charge < -0.3 is 10.4 Å². The average molecular weight is 279 g/mol. The Morgan fingerprint density at radius 1 is 1.20 bits per heavy atom. The lowest BCUT2D eigenvalue weighted by Gasteiger charge is -2.12. The topological polar surface area (TPSA) is 49.3 Å². The summed E-state index contributed by atoms with van der Waals surface area (Å²) >= 11 is 0.